The highest BCUT2D eigenvalue weighted by atomic mass is 32.1. The van der Waals surface area contributed by atoms with Gasteiger partial charge in [0.1, 0.15) is 21.3 Å². The van der Waals surface area contributed by atoms with Gasteiger partial charge in [-0.3, -0.25) is 9.69 Å². The van der Waals surface area contributed by atoms with Gasteiger partial charge in [-0.25, -0.2) is 9.78 Å². The Kier molecular flexibility index (Phi) is 7.02. The van der Waals surface area contributed by atoms with Gasteiger partial charge < -0.3 is 19.2 Å². The number of aryl methyl sites for hydroxylation is 1. The Morgan fingerprint density at radius 3 is 2.70 bits per heavy atom. The van der Waals surface area contributed by atoms with Crippen molar-refractivity contribution >= 4 is 27.5 Å². The predicted molar refractivity (Wildman–Crippen MR) is 125 cm³/mol. The largest absolute Gasteiger partial charge is 0.468 e. The minimum Gasteiger partial charge on any atom is -0.468 e. The molecule has 1 aromatic carbocycles. The number of aliphatic hydroxyl groups excluding tert-OH is 1. The number of furan rings is 1. The Morgan fingerprint density at radius 2 is 2.03 bits per heavy atom. The summed E-state index contributed by atoms with van der Waals surface area (Å²) in [5.74, 6) is 0.705. The van der Waals surface area contributed by atoms with Crippen LogP contribution in [0.3, 0.4) is 0 Å². The zero-order valence-electron chi connectivity index (χ0n) is 18.4. The van der Waals surface area contributed by atoms with Gasteiger partial charge in [0, 0.05) is 6.54 Å². The maximum absolute atomic E-state index is 12.9. The summed E-state index contributed by atoms with van der Waals surface area (Å²) in [6.45, 7) is 2.90. The molecule has 2 N–H and O–H groups in total. The first-order valence-corrected chi connectivity index (χ1v) is 11.4. The summed E-state index contributed by atoms with van der Waals surface area (Å²) in [4.78, 5) is 35.4. The molecule has 0 aliphatic rings. The lowest BCUT2D eigenvalue weighted by molar-refractivity contribution is 0.0605. The van der Waals surface area contributed by atoms with Crippen LogP contribution >= 0.6 is 11.3 Å². The highest BCUT2D eigenvalue weighted by Gasteiger charge is 2.22. The SMILES string of the molecule is CCc1c(C(=O)OC)sc2nc(CN(Cc3ccco3)CC(O)c3ccccc3)[nH]c(=O)c12. The Hall–Kier alpha value is -3.27. The summed E-state index contributed by atoms with van der Waals surface area (Å²) in [7, 11) is 1.32. The van der Waals surface area contributed by atoms with Crippen LogP contribution in [0.25, 0.3) is 10.2 Å². The molecule has 33 heavy (non-hydrogen) atoms. The molecule has 3 heterocycles. The molecule has 1 unspecified atom stereocenters. The standard InChI is InChI=1S/C24H25N3O5S/c1-3-17-20-22(29)25-19(26-23(20)33-21(17)24(30)31-2)14-27(12-16-10-7-11-32-16)13-18(28)15-8-5-4-6-9-15/h4-11,18,28H,3,12-14H2,1-2H3,(H,25,26,29). The molecule has 4 aromatic rings. The molecule has 0 aliphatic carbocycles. The first-order chi connectivity index (χ1) is 16.0. The second-order valence-corrected chi connectivity index (χ2v) is 8.62. The molecule has 0 saturated heterocycles. The fourth-order valence-electron chi connectivity index (χ4n) is 3.82. The number of hydrogen-bond acceptors (Lipinski definition) is 8. The van der Waals surface area contributed by atoms with Crippen molar-refractivity contribution in [1.82, 2.24) is 14.9 Å². The monoisotopic (exact) mass is 467 g/mol. The topological polar surface area (TPSA) is 109 Å². The molecule has 172 valence electrons. The van der Waals surface area contributed by atoms with Crippen LogP contribution in [-0.2, 0) is 24.2 Å². The van der Waals surface area contributed by atoms with Crippen molar-refractivity contribution in [3.63, 3.8) is 0 Å². The zero-order chi connectivity index (χ0) is 23.4. The molecule has 0 aliphatic heterocycles. The molecular weight excluding hydrogens is 442 g/mol. The Bertz CT molecular complexity index is 1280. The molecule has 3 aromatic heterocycles. The number of thiophene rings is 1. The molecular formula is C24H25N3O5S. The average molecular weight is 468 g/mol. The van der Waals surface area contributed by atoms with Gasteiger partial charge in [-0.05, 0) is 29.7 Å². The third-order valence-electron chi connectivity index (χ3n) is 5.38. The molecule has 0 bridgehead atoms. The first-order valence-electron chi connectivity index (χ1n) is 10.6. The number of hydrogen-bond donors (Lipinski definition) is 2. The Morgan fingerprint density at radius 1 is 1.24 bits per heavy atom. The van der Waals surface area contributed by atoms with Crippen molar-refractivity contribution in [3.05, 3.63) is 86.7 Å². The zero-order valence-corrected chi connectivity index (χ0v) is 19.2. The quantitative estimate of drug-likeness (QED) is 0.362. The Balaban J connectivity index is 1.65. The van der Waals surface area contributed by atoms with Crippen LogP contribution in [0.4, 0.5) is 0 Å². The smallest absolute Gasteiger partial charge is 0.348 e. The highest BCUT2D eigenvalue weighted by molar-refractivity contribution is 7.20. The molecule has 0 saturated carbocycles. The van der Waals surface area contributed by atoms with E-state index in [0.29, 0.717) is 46.0 Å². The van der Waals surface area contributed by atoms with Gasteiger partial charge in [-0.1, -0.05) is 37.3 Å². The summed E-state index contributed by atoms with van der Waals surface area (Å²) in [5.41, 5.74) is 1.15. The summed E-state index contributed by atoms with van der Waals surface area (Å²) in [6.07, 6.45) is 1.39. The van der Waals surface area contributed by atoms with E-state index >= 15 is 0 Å². The molecule has 0 amide bonds. The van der Waals surface area contributed by atoms with Crippen molar-refractivity contribution < 1.29 is 19.1 Å². The van der Waals surface area contributed by atoms with E-state index in [9.17, 15) is 14.7 Å². The number of carbonyl (C=O) groups is 1. The number of esters is 1. The van der Waals surface area contributed by atoms with Crippen LogP contribution in [0.2, 0.25) is 0 Å². The van der Waals surface area contributed by atoms with Crippen LogP contribution in [0.15, 0.2) is 57.9 Å². The molecule has 4 rings (SSSR count). The van der Waals surface area contributed by atoms with E-state index in [2.05, 4.69) is 9.97 Å². The van der Waals surface area contributed by atoms with E-state index in [1.807, 2.05) is 48.2 Å². The predicted octanol–water partition coefficient (Wildman–Crippen LogP) is 3.66. The van der Waals surface area contributed by atoms with Gasteiger partial charge >= 0.3 is 5.97 Å². The number of nitrogens with zero attached hydrogens (tertiary/aromatic N) is 2. The van der Waals surface area contributed by atoms with Gasteiger partial charge in [0.2, 0.25) is 0 Å². The van der Waals surface area contributed by atoms with Gasteiger partial charge in [-0.15, -0.1) is 11.3 Å². The average Bonchev–Trinajstić information content (AvgIpc) is 3.46. The minimum absolute atomic E-state index is 0.280. The van der Waals surface area contributed by atoms with Crippen molar-refractivity contribution in [2.45, 2.75) is 32.5 Å². The number of ether oxygens (including phenoxy) is 1. The van der Waals surface area contributed by atoms with Gasteiger partial charge in [0.25, 0.3) is 5.56 Å². The lowest BCUT2D eigenvalue weighted by atomic mass is 10.1. The van der Waals surface area contributed by atoms with Crippen LogP contribution in [0.5, 0.6) is 0 Å². The molecule has 9 heteroatoms. The number of methoxy groups -OCH3 is 1. The van der Waals surface area contributed by atoms with E-state index in [0.717, 1.165) is 22.7 Å². The van der Waals surface area contributed by atoms with Crippen LogP contribution in [0.1, 0.15) is 45.4 Å². The molecule has 0 radical (unpaired) electrons. The number of rotatable bonds is 9. The summed E-state index contributed by atoms with van der Waals surface area (Å²) < 4.78 is 10.4. The van der Waals surface area contributed by atoms with Crippen LogP contribution in [0, 0.1) is 0 Å². The van der Waals surface area contributed by atoms with Crippen molar-refractivity contribution in [2.24, 2.45) is 0 Å². The summed E-state index contributed by atoms with van der Waals surface area (Å²) in [6, 6.07) is 13.1. The van der Waals surface area contributed by atoms with Crippen LogP contribution < -0.4 is 5.56 Å². The Labute approximate surface area is 194 Å². The second-order valence-electron chi connectivity index (χ2n) is 7.62. The van der Waals surface area contributed by atoms with Crippen molar-refractivity contribution in [3.8, 4) is 0 Å². The number of aromatic nitrogens is 2. The van der Waals surface area contributed by atoms with E-state index in [1.54, 1.807) is 12.3 Å². The number of fused-ring (bicyclic) bond motifs is 1. The fraction of sp³-hybridized carbons (Fsp3) is 0.292. The van der Waals surface area contributed by atoms with E-state index in [1.165, 1.54) is 7.11 Å². The minimum atomic E-state index is -0.726. The molecule has 0 spiro atoms. The van der Waals surface area contributed by atoms with Crippen LogP contribution in [-0.4, -0.2) is 39.6 Å². The third-order valence-corrected chi connectivity index (χ3v) is 6.49. The second kappa shape index (κ2) is 10.1. The maximum atomic E-state index is 12.9. The fourth-order valence-corrected chi connectivity index (χ4v) is 5.03. The number of aromatic amines is 1. The number of carbonyl (C=O) groups excluding carboxylic acids is 1. The van der Waals surface area contributed by atoms with Gasteiger partial charge in [0.15, 0.2) is 0 Å². The number of H-pyrrole nitrogens is 1. The number of aliphatic hydroxyl groups is 1. The lowest BCUT2D eigenvalue weighted by Crippen LogP contribution is -2.29. The molecule has 8 nitrogen and oxygen atoms in total. The van der Waals surface area contributed by atoms with Crippen molar-refractivity contribution in [1.29, 1.82) is 0 Å². The van der Waals surface area contributed by atoms with E-state index in [4.69, 9.17) is 9.15 Å². The van der Waals surface area contributed by atoms with Crippen molar-refractivity contribution in [2.75, 3.05) is 13.7 Å². The van der Waals surface area contributed by atoms with Gasteiger partial charge in [0.05, 0.1) is 38.0 Å². The third kappa shape index (κ3) is 5.05. The van der Waals surface area contributed by atoms with E-state index < -0.39 is 12.1 Å². The highest BCUT2D eigenvalue weighted by Crippen LogP contribution is 2.29. The van der Waals surface area contributed by atoms with Gasteiger partial charge in [-0.2, -0.15) is 0 Å². The normalized spacial score (nSPS) is 12.4. The number of benzene rings is 1. The first kappa shape index (κ1) is 22.9. The number of nitrogens with one attached hydrogen (secondary N) is 1. The molecule has 0 fully saturated rings. The lowest BCUT2D eigenvalue weighted by Gasteiger charge is -2.24. The van der Waals surface area contributed by atoms with E-state index in [-0.39, 0.29) is 12.1 Å². The summed E-state index contributed by atoms with van der Waals surface area (Å²) >= 11 is 1.16. The maximum Gasteiger partial charge on any atom is 0.348 e. The summed E-state index contributed by atoms with van der Waals surface area (Å²) in [5, 5.41) is 11.2. The molecule has 1 atom stereocenters.